The lowest BCUT2D eigenvalue weighted by molar-refractivity contribution is -0.00706. The van der Waals surface area contributed by atoms with Gasteiger partial charge in [0.2, 0.25) is 0 Å². The zero-order valence-electron chi connectivity index (χ0n) is 11.5. The van der Waals surface area contributed by atoms with E-state index in [1.54, 1.807) is 6.33 Å². The van der Waals surface area contributed by atoms with E-state index in [2.05, 4.69) is 23.9 Å². The summed E-state index contributed by atoms with van der Waals surface area (Å²) in [5.74, 6) is 1.58. The lowest BCUT2D eigenvalue weighted by Gasteiger charge is -2.28. The number of aliphatic hydroxyl groups is 1. The van der Waals surface area contributed by atoms with Crippen molar-refractivity contribution in [3.8, 4) is 0 Å². The maximum Gasteiger partial charge on any atom is 0.138 e. The van der Waals surface area contributed by atoms with Crippen LogP contribution in [0, 0.1) is 11.8 Å². The van der Waals surface area contributed by atoms with Gasteiger partial charge in [-0.05, 0) is 19.3 Å². The van der Waals surface area contributed by atoms with Crippen LogP contribution in [0.25, 0.3) is 0 Å². The smallest absolute Gasteiger partial charge is 0.138 e. The molecule has 18 heavy (non-hydrogen) atoms. The van der Waals surface area contributed by atoms with Crippen LogP contribution < -0.4 is 0 Å². The van der Waals surface area contributed by atoms with Crippen LogP contribution in [0.15, 0.2) is 6.33 Å². The molecule has 0 saturated carbocycles. The molecular formula is C13H23N3O2. The van der Waals surface area contributed by atoms with Gasteiger partial charge in [-0.25, -0.2) is 9.67 Å². The highest BCUT2D eigenvalue weighted by Crippen LogP contribution is 2.28. The Bertz CT molecular complexity index is 381. The van der Waals surface area contributed by atoms with Crippen LogP contribution in [0.5, 0.6) is 0 Å². The average molecular weight is 253 g/mol. The van der Waals surface area contributed by atoms with Crippen LogP contribution in [-0.2, 0) is 17.7 Å². The van der Waals surface area contributed by atoms with E-state index >= 15 is 0 Å². The molecule has 0 bridgehead atoms. The van der Waals surface area contributed by atoms with Crippen molar-refractivity contribution in [2.75, 3.05) is 13.2 Å². The summed E-state index contributed by atoms with van der Waals surface area (Å²) in [6.45, 7) is 8.40. The van der Waals surface area contributed by atoms with Gasteiger partial charge in [-0.15, -0.1) is 0 Å². The third kappa shape index (κ3) is 3.09. The van der Waals surface area contributed by atoms with E-state index in [0.29, 0.717) is 18.9 Å². The number of nitrogens with zero attached hydrogens (tertiary/aromatic N) is 3. The predicted molar refractivity (Wildman–Crippen MR) is 68.1 cm³/mol. The van der Waals surface area contributed by atoms with Gasteiger partial charge in [0.25, 0.3) is 0 Å². The minimum Gasteiger partial charge on any atom is -0.389 e. The van der Waals surface area contributed by atoms with Crippen LogP contribution in [0.2, 0.25) is 0 Å². The molecule has 0 amide bonds. The van der Waals surface area contributed by atoms with Crippen molar-refractivity contribution in [1.82, 2.24) is 14.8 Å². The van der Waals surface area contributed by atoms with Crippen molar-refractivity contribution >= 4 is 0 Å². The topological polar surface area (TPSA) is 60.2 Å². The summed E-state index contributed by atoms with van der Waals surface area (Å²) in [4.78, 5) is 4.28. The summed E-state index contributed by atoms with van der Waals surface area (Å²) in [6, 6.07) is 0. The van der Waals surface area contributed by atoms with Gasteiger partial charge in [-0.1, -0.05) is 13.8 Å². The summed E-state index contributed by atoms with van der Waals surface area (Å²) < 4.78 is 7.25. The Morgan fingerprint density at radius 1 is 1.61 bits per heavy atom. The van der Waals surface area contributed by atoms with Crippen molar-refractivity contribution in [2.24, 2.45) is 11.8 Å². The second-order valence-corrected chi connectivity index (χ2v) is 5.85. The SMILES string of the molecule is CC(C)Cn1ncnc1CC(C)(O)C1CCOC1. The molecule has 5 nitrogen and oxygen atoms in total. The van der Waals surface area contributed by atoms with Crippen LogP contribution in [-0.4, -0.2) is 38.7 Å². The highest BCUT2D eigenvalue weighted by Gasteiger charge is 2.36. The summed E-state index contributed by atoms with van der Waals surface area (Å²) in [6.07, 6.45) is 3.03. The van der Waals surface area contributed by atoms with E-state index in [0.717, 1.165) is 25.4 Å². The van der Waals surface area contributed by atoms with Gasteiger partial charge >= 0.3 is 0 Å². The van der Waals surface area contributed by atoms with Crippen LogP contribution in [0.4, 0.5) is 0 Å². The van der Waals surface area contributed by atoms with Crippen molar-refractivity contribution in [1.29, 1.82) is 0 Å². The van der Waals surface area contributed by atoms with Gasteiger partial charge in [0, 0.05) is 25.5 Å². The van der Waals surface area contributed by atoms with Gasteiger partial charge in [-0.3, -0.25) is 0 Å². The largest absolute Gasteiger partial charge is 0.389 e. The maximum atomic E-state index is 10.6. The number of hydrogen-bond acceptors (Lipinski definition) is 4. The Morgan fingerprint density at radius 3 is 3.00 bits per heavy atom. The summed E-state index contributed by atoms with van der Waals surface area (Å²) in [5.41, 5.74) is -0.766. The second kappa shape index (κ2) is 5.36. The zero-order chi connectivity index (χ0) is 13.2. The Labute approximate surface area is 108 Å². The van der Waals surface area contributed by atoms with E-state index in [4.69, 9.17) is 4.74 Å². The third-order valence-corrected chi connectivity index (χ3v) is 3.56. The quantitative estimate of drug-likeness (QED) is 0.858. The van der Waals surface area contributed by atoms with Gasteiger partial charge < -0.3 is 9.84 Å². The predicted octanol–water partition coefficient (Wildman–Crippen LogP) is 1.26. The monoisotopic (exact) mass is 253 g/mol. The first kappa shape index (κ1) is 13.5. The van der Waals surface area contributed by atoms with Crippen LogP contribution in [0.1, 0.15) is 33.0 Å². The lowest BCUT2D eigenvalue weighted by atomic mass is 9.85. The molecule has 1 fully saturated rings. The van der Waals surface area contributed by atoms with Crippen LogP contribution in [0.3, 0.4) is 0 Å². The zero-order valence-corrected chi connectivity index (χ0v) is 11.5. The van der Waals surface area contributed by atoms with E-state index < -0.39 is 5.60 Å². The minimum atomic E-state index is -0.766. The number of ether oxygens (including phenoxy) is 1. The third-order valence-electron chi connectivity index (χ3n) is 3.56. The molecule has 1 N–H and O–H groups in total. The van der Waals surface area contributed by atoms with Crippen LogP contribution >= 0.6 is 0 Å². The van der Waals surface area contributed by atoms with E-state index in [1.807, 2.05) is 11.6 Å². The second-order valence-electron chi connectivity index (χ2n) is 5.85. The first-order valence-electron chi connectivity index (χ1n) is 6.66. The van der Waals surface area contributed by atoms with Gasteiger partial charge in [-0.2, -0.15) is 5.10 Å². The highest BCUT2D eigenvalue weighted by atomic mass is 16.5. The molecule has 2 rings (SSSR count). The van der Waals surface area contributed by atoms with Crippen molar-refractivity contribution in [3.05, 3.63) is 12.2 Å². The Morgan fingerprint density at radius 2 is 2.39 bits per heavy atom. The molecule has 5 heteroatoms. The molecule has 1 aromatic rings. The lowest BCUT2D eigenvalue weighted by Crippen LogP contribution is -2.38. The summed E-state index contributed by atoms with van der Waals surface area (Å²) in [7, 11) is 0. The summed E-state index contributed by atoms with van der Waals surface area (Å²) in [5, 5.41) is 14.8. The van der Waals surface area contributed by atoms with Gasteiger partial charge in [0.05, 0.1) is 12.2 Å². The summed E-state index contributed by atoms with van der Waals surface area (Å²) >= 11 is 0. The Kier molecular flexibility index (Phi) is 4.02. The minimum absolute atomic E-state index is 0.196. The average Bonchev–Trinajstić information content (AvgIpc) is 2.89. The first-order chi connectivity index (χ1) is 8.49. The Balaban J connectivity index is 2.05. The Hall–Kier alpha value is -0.940. The molecule has 0 aliphatic carbocycles. The maximum absolute atomic E-state index is 10.6. The molecule has 2 atom stereocenters. The fourth-order valence-corrected chi connectivity index (χ4v) is 2.41. The molecule has 1 aliphatic rings. The van der Waals surface area contributed by atoms with Crippen molar-refractivity contribution < 1.29 is 9.84 Å². The molecule has 2 unspecified atom stereocenters. The van der Waals surface area contributed by atoms with Gasteiger partial charge in [0.15, 0.2) is 0 Å². The molecule has 1 aliphatic heterocycles. The molecule has 2 heterocycles. The molecule has 0 spiro atoms. The molecular weight excluding hydrogens is 230 g/mol. The van der Waals surface area contributed by atoms with Crippen molar-refractivity contribution in [2.45, 2.75) is 45.8 Å². The normalized spacial score (nSPS) is 23.5. The first-order valence-corrected chi connectivity index (χ1v) is 6.66. The number of rotatable bonds is 5. The fourth-order valence-electron chi connectivity index (χ4n) is 2.41. The molecule has 0 aromatic carbocycles. The van der Waals surface area contributed by atoms with E-state index in [-0.39, 0.29) is 5.92 Å². The fraction of sp³-hybridized carbons (Fsp3) is 0.846. The highest BCUT2D eigenvalue weighted by molar-refractivity contribution is 4.97. The molecule has 0 radical (unpaired) electrons. The van der Waals surface area contributed by atoms with E-state index in [1.165, 1.54) is 0 Å². The number of hydrogen-bond donors (Lipinski definition) is 1. The molecule has 102 valence electrons. The van der Waals surface area contributed by atoms with Crippen molar-refractivity contribution in [3.63, 3.8) is 0 Å². The molecule has 1 aromatic heterocycles. The van der Waals surface area contributed by atoms with E-state index in [9.17, 15) is 5.11 Å². The number of aromatic nitrogens is 3. The standard InChI is InChI=1S/C13H23N3O2/c1-10(2)7-16-12(14-9-15-16)6-13(3,17)11-4-5-18-8-11/h9-11,17H,4-8H2,1-3H3. The van der Waals surface area contributed by atoms with Gasteiger partial charge in [0.1, 0.15) is 12.2 Å². The molecule has 1 saturated heterocycles.